The Balaban J connectivity index is 1.73. The first-order valence-electron chi connectivity index (χ1n) is 38.4. The molecule has 0 bridgehead atoms. The van der Waals surface area contributed by atoms with Crippen molar-refractivity contribution in [1.29, 1.82) is 0 Å². The molecular formula is C77H127F2N13O14. The predicted octanol–water partition coefficient (Wildman–Crippen LogP) is 4.40. The molecule has 5 rings (SSSR count). The van der Waals surface area contributed by atoms with E-state index in [1.54, 1.807) is 67.8 Å². The van der Waals surface area contributed by atoms with Gasteiger partial charge in [-0.1, -0.05) is 106 Å². The molecule has 27 nitrogen and oxygen atoms in total. The maximum Gasteiger partial charge on any atom is 0.250 e. The molecule has 29 heteroatoms. The summed E-state index contributed by atoms with van der Waals surface area (Å²) in [7, 11) is 5.57. The van der Waals surface area contributed by atoms with Crippen molar-refractivity contribution in [3.8, 4) is 0 Å². The fraction of sp³-hybridized carbons (Fsp3) is 0.766. The number of ether oxygens (including phenoxy) is 1. The number of carbonyl (C=O) groups is 12. The minimum atomic E-state index is -2.97. The maximum atomic E-state index is 15.5. The lowest BCUT2D eigenvalue weighted by molar-refractivity contribution is -0.149. The average Bonchev–Trinajstić information content (AvgIpc) is 1.61. The van der Waals surface area contributed by atoms with Crippen LogP contribution in [-0.4, -0.2) is 268 Å². The molecule has 1 aromatic rings. The summed E-state index contributed by atoms with van der Waals surface area (Å²) in [5, 5.41) is 28.6. The minimum Gasteiger partial charge on any atom is -0.391 e. The zero-order valence-electron chi connectivity index (χ0n) is 66.6. The molecule has 12 amide bonds. The molecule has 7 N–H and O–H groups in total. The number of halogens is 2. The van der Waals surface area contributed by atoms with Crippen molar-refractivity contribution in [3.05, 3.63) is 35.9 Å². The lowest BCUT2D eigenvalue weighted by Crippen LogP contribution is -2.63. The molecule has 0 saturated carbocycles. The van der Waals surface area contributed by atoms with Crippen LogP contribution in [0.15, 0.2) is 30.3 Å². The van der Waals surface area contributed by atoms with Crippen molar-refractivity contribution in [2.45, 2.75) is 284 Å². The van der Waals surface area contributed by atoms with Crippen LogP contribution in [0.3, 0.4) is 0 Å². The fourth-order valence-electron chi connectivity index (χ4n) is 14.4. The smallest absolute Gasteiger partial charge is 0.250 e. The molecule has 4 saturated heterocycles. The number of benzene rings is 1. The van der Waals surface area contributed by atoms with E-state index in [9.17, 15) is 28.3 Å². The molecule has 1 aromatic carbocycles. The van der Waals surface area contributed by atoms with Gasteiger partial charge in [0.25, 0.3) is 5.92 Å². The van der Waals surface area contributed by atoms with E-state index in [0.717, 1.165) is 6.42 Å². The van der Waals surface area contributed by atoms with Gasteiger partial charge >= 0.3 is 0 Å². The van der Waals surface area contributed by atoms with Crippen LogP contribution in [0.4, 0.5) is 8.78 Å². The third kappa shape index (κ3) is 25.9. The quantitative estimate of drug-likeness (QED) is 0.107. The molecule has 4 aliphatic heterocycles. The number of likely N-dealkylation sites (tertiary alicyclic amines) is 2. The second kappa shape index (κ2) is 40.2. The van der Waals surface area contributed by atoms with E-state index in [2.05, 4.69) is 31.9 Å². The lowest BCUT2D eigenvalue weighted by atomic mass is 9.97. The summed E-state index contributed by atoms with van der Waals surface area (Å²) in [6.07, 6.45) is -1.26. The van der Waals surface area contributed by atoms with Gasteiger partial charge < -0.3 is 71.1 Å². The van der Waals surface area contributed by atoms with E-state index in [0.29, 0.717) is 31.5 Å². The van der Waals surface area contributed by atoms with Crippen LogP contribution in [0.1, 0.15) is 193 Å². The van der Waals surface area contributed by atoms with Crippen molar-refractivity contribution in [2.75, 3.05) is 67.5 Å². The van der Waals surface area contributed by atoms with Gasteiger partial charge in [0.2, 0.25) is 70.9 Å². The highest BCUT2D eigenvalue weighted by Gasteiger charge is 2.49. The summed E-state index contributed by atoms with van der Waals surface area (Å²) < 4.78 is 35.8. The molecule has 13 atom stereocenters. The zero-order chi connectivity index (χ0) is 79.6. The molecule has 4 heterocycles. The Morgan fingerprint density at radius 1 is 0.538 bits per heavy atom. The lowest BCUT2D eigenvalue weighted by Gasteiger charge is -2.37. The molecule has 106 heavy (non-hydrogen) atoms. The van der Waals surface area contributed by atoms with Gasteiger partial charge in [-0.15, -0.1) is 0 Å². The highest BCUT2D eigenvalue weighted by Crippen LogP contribution is 2.33. The number of piperidine rings is 2. The van der Waals surface area contributed by atoms with Gasteiger partial charge in [-0.3, -0.25) is 62.4 Å². The van der Waals surface area contributed by atoms with Gasteiger partial charge in [0.15, 0.2) is 0 Å². The van der Waals surface area contributed by atoms with Crippen LogP contribution in [0.25, 0.3) is 0 Å². The first-order chi connectivity index (χ1) is 49.4. The SMILES string of the molecule is CC[C@H]1NC(=O)C[C@@H](C(=O)N2CCCCC2)NC(=O)[C@H](CC(C)C)N(C)C(=O)[C@H](Cc2ccccc2)NC(=O)[C@@H]2C[C@H](N3CCC(F)(F)CC3)CN2C(=O)[C@H]([C@@H](C)O)NC(=O)[C@H](CC(C)C)N(C)C(=O)[C@H](CC(C)C)NC(=O)[C@H](CC(C)C)N(C)C(=O)[C@H](COC(C)(C)C)NC(=O)[C@H](CC(C)C)N(C)C1=O. The van der Waals surface area contributed by atoms with E-state index in [-0.39, 0.29) is 101 Å². The fourth-order valence-corrected chi connectivity index (χ4v) is 14.4. The third-order valence-electron chi connectivity index (χ3n) is 20.4. The summed E-state index contributed by atoms with van der Waals surface area (Å²) in [4.78, 5) is 191. The number of rotatable bonds is 18. The number of hydrogen-bond acceptors (Lipinski definition) is 15. The first-order valence-corrected chi connectivity index (χ1v) is 38.4. The van der Waals surface area contributed by atoms with Crippen LogP contribution >= 0.6 is 0 Å². The number of alkyl halides is 2. The molecule has 0 aromatic heterocycles. The number of hydrogen-bond donors (Lipinski definition) is 7. The van der Waals surface area contributed by atoms with Crippen molar-refractivity contribution >= 4 is 70.9 Å². The molecule has 0 radical (unpaired) electrons. The van der Waals surface area contributed by atoms with Gasteiger partial charge in [0.1, 0.15) is 66.5 Å². The molecule has 4 fully saturated rings. The summed E-state index contributed by atoms with van der Waals surface area (Å²) >= 11 is 0. The number of likely N-dealkylation sites (N-methyl/N-ethyl adjacent to an activating group) is 4. The van der Waals surface area contributed by atoms with Crippen LogP contribution in [0, 0.1) is 29.6 Å². The number of aliphatic hydroxyl groups excluding tert-OH is 1. The number of fused-ring (bicyclic) bond motifs is 1. The predicted molar refractivity (Wildman–Crippen MR) is 398 cm³/mol. The van der Waals surface area contributed by atoms with Crippen LogP contribution in [0.5, 0.6) is 0 Å². The van der Waals surface area contributed by atoms with Crippen molar-refractivity contribution in [2.24, 2.45) is 29.6 Å². The molecule has 4 aliphatic rings. The second-order valence-electron chi connectivity index (χ2n) is 33.0. The zero-order valence-corrected chi connectivity index (χ0v) is 66.6. The summed E-state index contributed by atoms with van der Waals surface area (Å²) in [5.74, 6) is -13.5. The van der Waals surface area contributed by atoms with Gasteiger partial charge in [0.05, 0.1) is 24.7 Å². The largest absolute Gasteiger partial charge is 0.391 e. The Labute approximate surface area is 627 Å². The molecule has 0 unspecified atom stereocenters. The van der Waals surface area contributed by atoms with Crippen LogP contribution in [0.2, 0.25) is 0 Å². The number of aliphatic hydroxyl groups is 1. The normalized spacial score (nSPS) is 27.9. The number of amides is 12. The number of nitrogens with zero attached hydrogens (tertiary/aromatic N) is 7. The summed E-state index contributed by atoms with van der Waals surface area (Å²) in [6.45, 7) is 26.3. The topological polar surface area (TPSA) is 329 Å². The Morgan fingerprint density at radius 2 is 0.962 bits per heavy atom. The highest BCUT2D eigenvalue weighted by atomic mass is 19.3. The molecular weight excluding hydrogens is 1370 g/mol. The van der Waals surface area contributed by atoms with Crippen molar-refractivity contribution in [3.63, 3.8) is 0 Å². The van der Waals surface area contributed by atoms with E-state index >= 15 is 43.2 Å². The van der Waals surface area contributed by atoms with Gasteiger partial charge in [-0.2, -0.15) is 0 Å². The highest BCUT2D eigenvalue weighted by molar-refractivity contribution is 6.00. The Hall–Kier alpha value is -7.40. The van der Waals surface area contributed by atoms with E-state index in [4.69, 9.17) is 4.74 Å². The van der Waals surface area contributed by atoms with Crippen molar-refractivity contribution < 1.29 is 76.2 Å². The first kappa shape index (κ1) is 89.2. The third-order valence-corrected chi connectivity index (χ3v) is 20.4. The molecule has 598 valence electrons. The number of nitrogens with one attached hydrogen (secondary N) is 6. The Morgan fingerprint density at radius 3 is 1.42 bits per heavy atom. The Bertz CT molecular complexity index is 3150. The van der Waals surface area contributed by atoms with Crippen molar-refractivity contribution in [1.82, 2.24) is 66.2 Å². The van der Waals surface area contributed by atoms with E-state index < -0.39 is 187 Å². The number of carbonyl (C=O) groups excluding carboxylic acids is 12. The monoisotopic (exact) mass is 1500 g/mol. The minimum absolute atomic E-state index is 0.00246. The average molecular weight is 1500 g/mol. The molecule has 0 aliphatic carbocycles. The van der Waals surface area contributed by atoms with Gasteiger partial charge in [-0.05, 0) is 127 Å². The van der Waals surface area contributed by atoms with Gasteiger partial charge in [0, 0.05) is 86.2 Å². The second-order valence-corrected chi connectivity index (χ2v) is 33.0. The summed E-state index contributed by atoms with van der Waals surface area (Å²) in [6, 6.07) is -7.56. The maximum absolute atomic E-state index is 15.5. The van der Waals surface area contributed by atoms with Gasteiger partial charge in [-0.25, -0.2) is 8.78 Å². The standard InChI is InChI=1S/C77H127F2N13O14/c1-20-53-70(100)86(16)60(38-48(8)9)67(97)84-57(44-106-76(13,14)15)73(103)89(19)59(37-47(6)7)65(95)81-54(35-45(2)3)71(101)88(18)61(39-49(10)11)68(98)85-64(50(12)93)75(105)92-43-52(90-33-29-77(78,79)30-34-90)41-62(92)69(99)82-55(40-51-27-23-21-24-28-51)72(102)87(17)58(36-46(4)5)66(96)83-56(42-63(94)80-53)74(104)91-31-25-22-26-32-91/h21,23-24,27-28,45-50,52-62,64,93H,20,22,25-26,29-44H2,1-19H3,(H,80,94)(H,81,95)(H,82,99)(H,83,96)(H,84,97)(H,85,98)/t50-,52+,53-,54+,55+,56+,57+,58+,59+,60+,61+,62+,64+/m1/s1. The summed E-state index contributed by atoms with van der Waals surface area (Å²) in [5.41, 5.74) is -0.278. The van der Waals surface area contributed by atoms with Crippen LogP contribution < -0.4 is 31.9 Å². The van der Waals surface area contributed by atoms with E-state index in [1.165, 1.54) is 59.6 Å². The molecule has 0 spiro atoms. The van der Waals surface area contributed by atoms with E-state index in [1.807, 2.05) is 69.2 Å². The Kier molecular flexibility index (Phi) is 33.8. The van der Waals surface area contributed by atoms with Crippen LogP contribution in [-0.2, 0) is 68.7 Å².